The van der Waals surface area contributed by atoms with Crippen molar-refractivity contribution in [2.45, 2.75) is 71.1 Å². The summed E-state index contributed by atoms with van der Waals surface area (Å²) in [7, 11) is 0. The molecule has 262 valence electrons. The van der Waals surface area contributed by atoms with Crippen molar-refractivity contribution < 1.29 is 43.0 Å². The van der Waals surface area contributed by atoms with E-state index in [-0.39, 0.29) is 67.5 Å². The second kappa shape index (κ2) is 17.8. The monoisotopic (exact) mass is 678 g/mol. The van der Waals surface area contributed by atoms with Crippen LogP contribution >= 0.6 is 0 Å². The van der Waals surface area contributed by atoms with Gasteiger partial charge in [-0.2, -0.15) is 0 Å². The fourth-order valence-electron chi connectivity index (χ4n) is 5.56. The van der Waals surface area contributed by atoms with E-state index in [2.05, 4.69) is 25.6 Å². The van der Waals surface area contributed by atoms with Crippen LogP contribution in [-0.4, -0.2) is 92.6 Å². The van der Waals surface area contributed by atoms with Gasteiger partial charge in [-0.1, -0.05) is 43.7 Å². The van der Waals surface area contributed by atoms with Crippen molar-refractivity contribution >= 4 is 35.5 Å². The number of aliphatic hydroxyl groups excluding tert-OH is 1. The molecule has 2 aliphatic rings. The molecule has 15 heteroatoms. The minimum Gasteiger partial charge on any atom is -0.460 e. The lowest BCUT2D eigenvalue weighted by atomic mass is 9.90. The Balaban J connectivity index is 1.51. The molecule has 15 nitrogen and oxygen atoms in total. The van der Waals surface area contributed by atoms with Gasteiger partial charge in [0.2, 0.25) is 11.8 Å². The number of allylic oxidation sites excluding steroid dienone is 2. The molecule has 0 saturated carbocycles. The normalized spacial score (nSPS) is 24.2. The zero-order valence-electron chi connectivity index (χ0n) is 27.7. The molecule has 0 spiro atoms. The number of anilines is 1. The molecule has 3 amide bonds. The Kier molecular flexibility index (Phi) is 13.3. The molecule has 0 aliphatic carbocycles. The average Bonchev–Trinajstić information content (AvgIpc) is 3.74. The Hall–Kier alpha value is -5.18. The highest BCUT2D eigenvalue weighted by atomic mass is 16.6. The van der Waals surface area contributed by atoms with Gasteiger partial charge in [0.05, 0.1) is 25.3 Å². The fraction of sp³-hybridized carbons (Fsp3) is 0.471. The molecular weight excluding hydrogens is 636 g/mol. The second-order valence-electron chi connectivity index (χ2n) is 12.1. The first-order chi connectivity index (χ1) is 23.5. The number of aromatic nitrogens is 3. The number of cyclic esters (lactones) is 1. The number of nitrogens with zero attached hydrogens (tertiary/aromatic N) is 4. The van der Waals surface area contributed by atoms with E-state index in [4.69, 9.17) is 13.9 Å². The van der Waals surface area contributed by atoms with Crippen molar-refractivity contribution in [3.05, 3.63) is 72.4 Å². The van der Waals surface area contributed by atoms with Crippen molar-refractivity contribution in [1.29, 1.82) is 0 Å². The third kappa shape index (κ3) is 11.2. The standard InChI is InChI=1S/C34H42N6O9/c1-21-6-4-11-37-29(43)9-8-22(2)31(23(3)10-15-47-34(46)39-28-19-35-12-13-36-28)49-33(45)27-7-5-14-40(27)32(44)26-20-48-30(38-26)18-25(42)17-24(41)16-21/h4,6,8-9,12-13,16,19-20,22-24,27,31,41H,5,7,10-11,14-15,17-18H2,1-3H3,(H,37,43)(H,36,39,46)/b6-4?,9-8+,21-16?/t22-,23-,24-,27-,31+/m1/s1. The molecular formula is C34H42N6O9. The van der Waals surface area contributed by atoms with Gasteiger partial charge in [-0.15, -0.1) is 0 Å². The summed E-state index contributed by atoms with van der Waals surface area (Å²) in [6, 6.07) is -0.893. The Morgan fingerprint density at radius 1 is 1.22 bits per heavy atom. The van der Waals surface area contributed by atoms with Gasteiger partial charge >= 0.3 is 12.1 Å². The summed E-state index contributed by atoms with van der Waals surface area (Å²) >= 11 is 0. The first kappa shape index (κ1) is 36.7. The van der Waals surface area contributed by atoms with Crippen molar-refractivity contribution in [1.82, 2.24) is 25.2 Å². The van der Waals surface area contributed by atoms with Gasteiger partial charge in [0.15, 0.2) is 11.5 Å². The summed E-state index contributed by atoms with van der Waals surface area (Å²) in [6.45, 7) is 5.89. The van der Waals surface area contributed by atoms with Gasteiger partial charge in [-0.05, 0) is 38.2 Å². The van der Waals surface area contributed by atoms with E-state index in [0.717, 1.165) is 6.26 Å². The number of carbonyl (C=O) groups is 5. The predicted molar refractivity (Wildman–Crippen MR) is 175 cm³/mol. The van der Waals surface area contributed by atoms with Crippen LogP contribution in [0.2, 0.25) is 0 Å². The first-order valence-corrected chi connectivity index (χ1v) is 16.2. The largest absolute Gasteiger partial charge is 0.460 e. The number of hydrogen-bond acceptors (Lipinski definition) is 12. The quantitative estimate of drug-likeness (QED) is 0.391. The second-order valence-corrected chi connectivity index (χ2v) is 12.1. The average molecular weight is 679 g/mol. The summed E-state index contributed by atoms with van der Waals surface area (Å²) in [6.07, 6.45) is 11.7. The van der Waals surface area contributed by atoms with Crippen LogP contribution in [0, 0.1) is 11.8 Å². The van der Waals surface area contributed by atoms with E-state index in [1.54, 1.807) is 32.1 Å². The molecule has 0 unspecified atom stereocenters. The van der Waals surface area contributed by atoms with Gasteiger partial charge < -0.3 is 29.2 Å². The predicted octanol–water partition coefficient (Wildman–Crippen LogP) is 2.94. The maximum Gasteiger partial charge on any atom is 0.412 e. The summed E-state index contributed by atoms with van der Waals surface area (Å²) in [5.74, 6) is -2.39. The fourth-order valence-corrected chi connectivity index (χ4v) is 5.56. The first-order valence-electron chi connectivity index (χ1n) is 16.2. The lowest BCUT2D eigenvalue weighted by molar-refractivity contribution is -0.158. The smallest absolute Gasteiger partial charge is 0.412 e. The zero-order valence-corrected chi connectivity index (χ0v) is 27.7. The molecule has 3 N–H and O–H groups in total. The van der Waals surface area contributed by atoms with Gasteiger partial charge in [-0.3, -0.25) is 24.7 Å². The molecule has 1 fully saturated rings. The minimum atomic E-state index is -1.05. The lowest BCUT2D eigenvalue weighted by Crippen LogP contribution is -2.44. The number of amides is 3. The molecule has 0 aromatic carbocycles. The zero-order chi connectivity index (χ0) is 35.3. The van der Waals surface area contributed by atoms with Crippen LogP contribution in [0.5, 0.6) is 0 Å². The highest BCUT2D eigenvalue weighted by Gasteiger charge is 2.39. The van der Waals surface area contributed by atoms with Gasteiger partial charge in [0, 0.05) is 37.8 Å². The number of aliphatic hydroxyl groups is 1. The topological polar surface area (TPSA) is 203 Å². The molecule has 2 aromatic rings. The number of esters is 1. The molecule has 5 atom stereocenters. The van der Waals surface area contributed by atoms with Crippen molar-refractivity contribution in [3.63, 3.8) is 0 Å². The van der Waals surface area contributed by atoms with E-state index in [1.807, 2.05) is 6.92 Å². The molecule has 2 aliphatic heterocycles. The van der Waals surface area contributed by atoms with Crippen LogP contribution < -0.4 is 10.6 Å². The molecule has 4 heterocycles. The van der Waals surface area contributed by atoms with E-state index in [1.165, 1.54) is 35.6 Å². The van der Waals surface area contributed by atoms with Crippen molar-refractivity contribution in [2.24, 2.45) is 11.8 Å². The lowest BCUT2D eigenvalue weighted by Gasteiger charge is -2.31. The van der Waals surface area contributed by atoms with E-state index in [9.17, 15) is 29.1 Å². The molecule has 49 heavy (non-hydrogen) atoms. The van der Waals surface area contributed by atoms with Crippen LogP contribution in [0.1, 0.15) is 62.8 Å². The number of ether oxygens (including phenoxy) is 2. The number of fused-ring (bicyclic) bond motifs is 3. The highest BCUT2D eigenvalue weighted by Crippen LogP contribution is 2.27. The molecule has 4 rings (SSSR count). The SMILES string of the molecule is CC1=C[C@@H](O)CC(=O)Cc2nc(co2)C(=O)N2CCC[C@@H]2C(=O)O[C@H]([C@H](C)CCOC(=O)Nc2cnccn2)[C@H](C)/C=C/C(=O)NCC=C1. The van der Waals surface area contributed by atoms with Crippen LogP contribution in [0.3, 0.4) is 0 Å². The maximum atomic E-state index is 13.6. The number of Topliss-reactive ketones (excluding diaryl/α,β-unsaturated/α-hetero) is 1. The number of rotatable bonds is 5. The van der Waals surface area contributed by atoms with Gasteiger partial charge in [0.25, 0.3) is 5.91 Å². The van der Waals surface area contributed by atoms with E-state index >= 15 is 0 Å². The van der Waals surface area contributed by atoms with Crippen molar-refractivity contribution in [3.8, 4) is 0 Å². The van der Waals surface area contributed by atoms with E-state index in [0.29, 0.717) is 24.8 Å². The summed E-state index contributed by atoms with van der Waals surface area (Å²) in [5.41, 5.74) is 0.640. The summed E-state index contributed by atoms with van der Waals surface area (Å²) in [5, 5.41) is 15.6. The van der Waals surface area contributed by atoms with Crippen LogP contribution in [0.4, 0.5) is 10.6 Å². The Morgan fingerprint density at radius 3 is 2.82 bits per heavy atom. The maximum absolute atomic E-state index is 13.6. The number of ketones is 1. The number of nitrogens with one attached hydrogen (secondary N) is 2. The highest BCUT2D eigenvalue weighted by molar-refractivity contribution is 5.95. The number of carbonyl (C=O) groups excluding carboxylic acids is 5. The van der Waals surface area contributed by atoms with Crippen molar-refractivity contribution in [2.75, 3.05) is 25.0 Å². The van der Waals surface area contributed by atoms with Gasteiger partial charge in [0.1, 0.15) is 24.2 Å². The molecule has 2 aromatic heterocycles. The van der Waals surface area contributed by atoms with Crippen LogP contribution in [-0.2, 0) is 30.3 Å². The minimum absolute atomic E-state index is 0.000489. The molecule has 0 radical (unpaired) electrons. The van der Waals surface area contributed by atoms with Crippen LogP contribution in [0.25, 0.3) is 0 Å². The number of oxazole rings is 1. The third-order valence-electron chi connectivity index (χ3n) is 8.05. The van der Waals surface area contributed by atoms with Crippen LogP contribution in [0.15, 0.2) is 65.2 Å². The Morgan fingerprint density at radius 2 is 2.04 bits per heavy atom. The number of hydrogen-bond donors (Lipinski definition) is 3. The third-order valence-corrected chi connectivity index (χ3v) is 8.05. The summed E-state index contributed by atoms with van der Waals surface area (Å²) in [4.78, 5) is 77.9. The molecule has 2 bridgehead atoms. The van der Waals surface area contributed by atoms with Gasteiger partial charge in [-0.25, -0.2) is 19.6 Å². The molecule has 1 saturated heterocycles. The summed E-state index contributed by atoms with van der Waals surface area (Å²) < 4.78 is 16.8. The Bertz CT molecular complexity index is 1570. The van der Waals surface area contributed by atoms with E-state index < -0.39 is 42.1 Å². The Labute approximate surface area is 283 Å².